The van der Waals surface area contributed by atoms with Crippen LogP contribution in [0.15, 0.2) is 29.0 Å². The molecule has 2 aromatic rings. The van der Waals surface area contributed by atoms with Gasteiger partial charge in [0.05, 0.1) is 11.2 Å². The first-order valence-electron chi connectivity index (χ1n) is 6.13. The number of nitrogens with two attached hydrogens (primary N) is 1. The maximum absolute atomic E-state index is 5.75. The molecule has 5 heteroatoms. The number of pyridine rings is 2. The summed E-state index contributed by atoms with van der Waals surface area (Å²) >= 11 is 3.43. The molecular formula is C13H15BrN4. The predicted octanol–water partition coefficient (Wildman–Crippen LogP) is 2.18. The molecular weight excluding hydrogens is 292 g/mol. The van der Waals surface area contributed by atoms with Crippen molar-refractivity contribution < 1.29 is 0 Å². The number of hydrogen-bond acceptors (Lipinski definition) is 4. The quantitative estimate of drug-likeness (QED) is 0.924. The molecule has 1 unspecified atom stereocenters. The second kappa shape index (κ2) is 4.82. The van der Waals surface area contributed by atoms with Crippen molar-refractivity contribution >= 4 is 32.7 Å². The normalized spacial score (nSPS) is 19.7. The Morgan fingerprint density at radius 2 is 2.33 bits per heavy atom. The van der Waals surface area contributed by atoms with Crippen molar-refractivity contribution in [2.75, 3.05) is 24.5 Å². The molecule has 4 nitrogen and oxygen atoms in total. The van der Waals surface area contributed by atoms with E-state index in [0.717, 1.165) is 41.6 Å². The van der Waals surface area contributed by atoms with Crippen LogP contribution >= 0.6 is 15.9 Å². The SMILES string of the molecule is NCC1CCN(c2ccnc3cc(Br)cnc23)C1. The number of halogens is 1. The standard InChI is InChI=1S/C13H15BrN4/c14-10-5-11-13(17-7-10)12(1-3-16-11)18-4-2-9(6-15)8-18/h1,3,5,7,9H,2,4,6,8,15H2. The maximum atomic E-state index is 5.75. The highest BCUT2D eigenvalue weighted by Gasteiger charge is 2.23. The van der Waals surface area contributed by atoms with Crippen LogP contribution in [0.3, 0.4) is 0 Å². The number of fused-ring (bicyclic) bond motifs is 1. The van der Waals surface area contributed by atoms with Gasteiger partial charge >= 0.3 is 0 Å². The van der Waals surface area contributed by atoms with Crippen LogP contribution in [0.1, 0.15) is 6.42 Å². The molecule has 2 aromatic heterocycles. The lowest BCUT2D eigenvalue weighted by Crippen LogP contribution is -2.23. The maximum Gasteiger partial charge on any atom is 0.112 e. The molecule has 1 saturated heterocycles. The summed E-state index contributed by atoms with van der Waals surface area (Å²) in [7, 11) is 0. The Hall–Kier alpha value is -1.20. The van der Waals surface area contributed by atoms with Crippen LogP contribution in [0.2, 0.25) is 0 Å². The number of rotatable bonds is 2. The van der Waals surface area contributed by atoms with Gasteiger partial charge < -0.3 is 10.6 Å². The molecule has 0 aromatic carbocycles. The van der Waals surface area contributed by atoms with Crippen molar-refractivity contribution in [3.05, 3.63) is 29.0 Å². The topological polar surface area (TPSA) is 55.0 Å². The van der Waals surface area contributed by atoms with Gasteiger partial charge in [0.15, 0.2) is 0 Å². The lowest BCUT2D eigenvalue weighted by Gasteiger charge is -2.19. The van der Waals surface area contributed by atoms with Crippen molar-refractivity contribution in [2.45, 2.75) is 6.42 Å². The summed E-state index contributed by atoms with van der Waals surface area (Å²) < 4.78 is 0.959. The van der Waals surface area contributed by atoms with E-state index in [1.54, 1.807) is 0 Å². The molecule has 1 fully saturated rings. The van der Waals surface area contributed by atoms with Crippen LogP contribution in [0, 0.1) is 5.92 Å². The fraction of sp³-hybridized carbons (Fsp3) is 0.385. The van der Waals surface area contributed by atoms with Crippen LogP contribution < -0.4 is 10.6 Å². The number of aromatic nitrogens is 2. The summed E-state index contributed by atoms with van der Waals surface area (Å²) in [6, 6.07) is 4.05. The molecule has 0 aliphatic carbocycles. The molecule has 0 radical (unpaired) electrons. The Morgan fingerprint density at radius 3 is 3.11 bits per heavy atom. The molecule has 0 spiro atoms. The van der Waals surface area contributed by atoms with Gasteiger partial charge in [-0.1, -0.05) is 0 Å². The van der Waals surface area contributed by atoms with Gasteiger partial charge in [0.2, 0.25) is 0 Å². The predicted molar refractivity (Wildman–Crippen MR) is 76.6 cm³/mol. The summed E-state index contributed by atoms with van der Waals surface area (Å²) in [5.41, 5.74) is 8.82. The van der Waals surface area contributed by atoms with Crippen molar-refractivity contribution in [3.8, 4) is 0 Å². The minimum absolute atomic E-state index is 0.601. The van der Waals surface area contributed by atoms with Gasteiger partial charge in [-0.2, -0.15) is 0 Å². The Balaban J connectivity index is 2.02. The lowest BCUT2D eigenvalue weighted by atomic mass is 10.1. The van der Waals surface area contributed by atoms with E-state index in [4.69, 9.17) is 5.73 Å². The average Bonchev–Trinajstić information content (AvgIpc) is 2.86. The van der Waals surface area contributed by atoms with E-state index < -0.39 is 0 Å². The average molecular weight is 307 g/mol. The number of anilines is 1. The molecule has 18 heavy (non-hydrogen) atoms. The molecule has 1 aliphatic heterocycles. The van der Waals surface area contributed by atoms with Gasteiger partial charge in [0.25, 0.3) is 0 Å². The Kier molecular flexibility index (Phi) is 3.18. The van der Waals surface area contributed by atoms with Gasteiger partial charge in [-0.3, -0.25) is 9.97 Å². The largest absolute Gasteiger partial charge is 0.369 e. The highest BCUT2D eigenvalue weighted by Crippen LogP contribution is 2.29. The van der Waals surface area contributed by atoms with Crippen LogP contribution in [-0.2, 0) is 0 Å². The number of nitrogens with zero attached hydrogens (tertiary/aromatic N) is 3. The van der Waals surface area contributed by atoms with Crippen LogP contribution in [-0.4, -0.2) is 29.6 Å². The lowest BCUT2D eigenvalue weighted by molar-refractivity contribution is 0.603. The molecule has 0 bridgehead atoms. The van der Waals surface area contributed by atoms with Crippen LogP contribution in [0.5, 0.6) is 0 Å². The van der Waals surface area contributed by atoms with E-state index in [1.165, 1.54) is 5.69 Å². The van der Waals surface area contributed by atoms with Gasteiger partial charge in [-0.15, -0.1) is 0 Å². The fourth-order valence-electron chi connectivity index (χ4n) is 2.49. The molecule has 2 N–H and O–H groups in total. The Labute approximate surface area is 114 Å². The molecule has 0 amide bonds. The highest BCUT2D eigenvalue weighted by atomic mass is 79.9. The van der Waals surface area contributed by atoms with E-state index in [1.807, 2.05) is 24.5 Å². The summed E-state index contributed by atoms with van der Waals surface area (Å²) in [5.74, 6) is 0.601. The van der Waals surface area contributed by atoms with E-state index in [2.05, 4.69) is 30.8 Å². The molecule has 3 rings (SSSR count). The van der Waals surface area contributed by atoms with E-state index in [-0.39, 0.29) is 0 Å². The third-order valence-electron chi connectivity index (χ3n) is 3.48. The minimum Gasteiger partial charge on any atom is -0.369 e. The van der Waals surface area contributed by atoms with Crippen molar-refractivity contribution in [2.24, 2.45) is 11.7 Å². The first-order valence-corrected chi connectivity index (χ1v) is 6.92. The van der Waals surface area contributed by atoms with Crippen LogP contribution in [0.4, 0.5) is 5.69 Å². The summed E-state index contributed by atoms with van der Waals surface area (Å²) in [5, 5.41) is 0. The monoisotopic (exact) mass is 306 g/mol. The first kappa shape index (κ1) is 11.9. The van der Waals surface area contributed by atoms with Gasteiger partial charge in [0, 0.05) is 30.0 Å². The second-order valence-corrected chi connectivity index (χ2v) is 5.60. The van der Waals surface area contributed by atoms with Gasteiger partial charge in [0.1, 0.15) is 5.52 Å². The fourth-order valence-corrected chi connectivity index (χ4v) is 2.81. The smallest absolute Gasteiger partial charge is 0.112 e. The zero-order valence-electron chi connectivity index (χ0n) is 10.0. The zero-order valence-corrected chi connectivity index (χ0v) is 11.6. The third-order valence-corrected chi connectivity index (χ3v) is 3.92. The number of hydrogen-bond donors (Lipinski definition) is 1. The van der Waals surface area contributed by atoms with E-state index in [9.17, 15) is 0 Å². The van der Waals surface area contributed by atoms with E-state index in [0.29, 0.717) is 5.92 Å². The van der Waals surface area contributed by atoms with Crippen molar-refractivity contribution in [1.82, 2.24) is 9.97 Å². The molecule has 1 atom stereocenters. The van der Waals surface area contributed by atoms with Crippen molar-refractivity contribution in [1.29, 1.82) is 0 Å². The third kappa shape index (κ3) is 2.08. The van der Waals surface area contributed by atoms with Crippen molar-refractivity contribution in [3.63, 3.8) is 0 Å². The Morgan fingerprint density at radius 1 is 1.44 bits per heavy atom. The summed E-state index contributed by atoms with van der Waals surface area (Å²) in [6.45, 7) is 2.84. The minimum atomic E-state index is 0.601. The molecule has 94 valence electrons. The molecule has 3 heterocycles. The van der Waals surface area contributed by atoms with Crippen LogP contribution in [0.25, 0.3) is 11.0 Å². The first-order chi connectivity index (χ1) is 8.78. The molecule has 1 aliphatic rings. The highest BCUT2D eigenvalue weighted by molar-refractivity contribution is 9.10. The molecule has 0 saturated carbocycles. The summed E-state index contributed by atoms with van der Waals surface area (Å²) in [4.78, 5) is 11.2. The second-order valence-electron chi connectivity index (χ2n) is 4.69. The van der Waals surface area contributed by atoms with E-state index >= 15 is 0 Å². The summed E-state index contributed by atoms with van der Waals surface area (Å²) in [6.07, 6.45) is 4.84. The Bertz CT molecular complexity index is 572. The zero-order chi connectivity index (χ0) is 12.5. The van der Waals surface area contributed by atoms with Gasteiger partial charge in [-0.25, -0.2) is 0 Å². The van der Waals surface area contributed by atoms with Gasteiger partial charge in [-0.05, 0) is 46.9 Å².